The number of rotatable bonds is 9. The van der Waals surface area contributed by atoms with Crippen molar-refractivity contribution in [3.05, 3.63) is 12.0 Å². The lowest BCUT2D eigenvalue weighted by Crippen LogP contribution is -2.54. The van der Waals surface area contributed by atoms with Crippen LogP contribution in [0, 0.1) is 5.92 Å². The first-order chi connectivity index (χ1) is 13.1. The van der Waals surface area contributed by atoms with E-state index in [-0.39, 0.29) is 5.91 Å². The summed E-state index contributed by atoms with van der Waals surface area (Å²) in [6.45, 7) is 2.83. The topological polar surface area (TPSA) is 73.6 Å². The second-order valence-electron chi connectivity index (χ2n) is 8.11. The zero-order valence-electron chi connectivity index (χ0n) is 16.9. The number of aryl methyl sites for hydroxylation is 1. The molecule has 2 N–H and O–H groups in total. The molecule has 3 rings (SSSR count). The van der Waals surface area contributed by atoms with E-state index < -0.39 is 6.35 Å². The number of hydrogen-bond donors (Lipinski definition) is 2. The van der Waals surface area contributed by atoms with Crippen molar-refractivity contribution in [2.24, 2.45) is 13.0 Å². The molecular weight excluding hydrogens is 342 g/mol. The number of aliphatic hydroxyl groups is 1. The van der Waals surface area contributed by atoms with Gasteiger partial charge in [0.2, 0.25) is 6.35 Å². The first-order valence-electron chi connectivity index (χ1n) is 10.5. The molecule has 0 aromatic carbocycles. The summed E-state index contributed by atoms with van der Waals surface area (Å²) >= 11 is 0. The average molecular weight is 378 g/mol. The minimum atomic E-state index is -0.933. The maximum absolute atomic E-state index is 12.7. The van der Waals surface area contributed by atoms with Gasteiger partial charge in [-0.15, -0.1) is 0 Å². The Balaban J connectivity index is 1.32. The Hall–Kier alpha value is -1.60. The van der Waals surface area contributed by atoms with E-state index in [4.69, 9.17) is 0 Å². The number of aromatic nitrogens is 2. The van der Waals surface area contributed by atoms with E-state index >= 15 is 0 Å². The summed E-state index contributed by atoms with van der Waals surface area (Å²) in [5, 5.41) is 14.0. The van der Waals surface area contributed by atoms with Gasteiger partial charge in [-0.3, -0.25) is 9.69 Å². The third-order valence-corrected chi connectivity index (χ3v) is 6.00. The highest BCUT2D eigenvalue weighted by Gasteiger charge is 2.37. The van der Waals surface area contributed by atoms with Crippen LogP contribution in [-0.4, -0.2) is 58.5 Å². The molecule has 1 aromatic rings. The Labute approximate surface area is 162 Å². The average Bonchev–Trinajstić information content (AvgIpc) is 3.07. The summed E-state index contributed by atoms with van der Waals surface area (Å²) in [7, 11) is 3.59. The highest BCUT2D eigenvalue weighted by Crippen LogP contribution is 2.27. The van der Waals surface area contributed by atoms with E-state index in [0.717, 1.165) is 31.7 Å². The zero-order chi connectivity index (χ0) is 19.2. The van der Waals surface area contributed by atoms with Crippen LogP contribution in [0.15, 0.2) is 6.33 Å². The molecule has 7 nitrogen and oxygen atoms in total. The van der Waals surface area contributed by atoms with Gasteiger partial charge in [0.05, 0.1) is 6.33 Å². The molecule has 0 saturated heterocycles. The van der Waals surface area contributed by atoms with Crippen LogP contribution in [0.5, 0.6) is 0 Å². The number of nitrogens with one attached hydrogen (secondary N) is 1. The summed E-state index contributed by atoms with van der Waals surface area (Å²) < 4.78 is 1.73. The molecule has 0 bridgehead atoms. The number of anilines is 1. The second-order valence-corrected chi connectivity index (χ2v) is 8.11. The number of imidazole rings is 1. The van der Waals surface area contributed by atoms with Gasteiger partial charge in [-0.2, -0.15) is 0 Å². The van der Waals surface area contributed by atoms with Gasteiger partial charge in [0, 0.05) is 20.6 Å². The molecule has 1 unspecified atom stereocenters. The maximum Gasteiger partial charge on any atom is 0.277 e. The summed E-state index contributed by atoms with van der Waals surface area (Å²) in [6, 6.07) is 0. The van der Waals surface area contributed by atoms with Crippen LogP contribution in [0.25, 0.3) is 0 Å². The van der Waals surface area contributed by atoms with Crippen molar-refractivity contribution in [1.82, 2.24) is 19.8 Å². The molecule has 1 aliphatic carbocycles. The van der Waals surface area contributed by atoms with Crippen LogP contribution in [0.2, 0.25) is 0 Å². The summed E-state index contributed by atoms with van der Waals surface area (Å²) in [4.78, 5) is 20.1. The molecule has 2 aliphatic rings. The highest BCUT2D eigenvalue weighted by atomic mass is 16.3. The van der Waals surface area contributed by atoms with E-state index in [0.29, 0.717) is 18.1 Å². The van der Waals surface area contributed by atoms with Gasteiger partial charge < -0.3 is 19.9 Å². The van der Waals surface area contributed by atoms with E-state index in [1.165, 1.54) is 45.1 Å². The summed E-state index contributed by atoms with van der Waals surface area (Å²) in [5.41, 5.74) is 0.551. The highest BCUT2D eigenvalue weighted by molar-refractivity contribution is 5.99. The molecule has 1 aliphatic heterocycles. The lowest BCUT2D eigenvalue weighted by molar-refractivity contribution is 0.00248. The molecule has 1 fully saturated rings. The Morgan fingerprint density at radius 1 is 1.15 bits per heavy atom. The van der Waals surface area contributed by atoms with Gasteiger partial charge in [0.15, 0.2) is 11.5 Å². The van der Waals surface area contributed by atoms with Crippen molar-refractivity contribution in [3.63, 3.8) is 0 Å². The minimum Gasteiger partial charge on any atom is -0.356 e. The molecule has 1 aromatic heterocycles. The lowest BCUT2D eigenvalue weighted by atomic mass is 9.89. The number of carbonyl (C=O) groups is 1. The van der Waals surface area contributed by atoms with Crippen LogP contribution in [0.4, 0.5) is 5.82 Å². The van der Waals surface area contributed by atoms with Gasteiger partial charge in [-0.25, -0.2) is 4.98 Å². The summed E-state index contributed by atoms with van der Waals surface area (Å²) in [5.74, 6) is 1.30. The monoisotopic (exact) mass is 377 g/mol. The largest absolute Gasteiger partial charge is 0.356 e. The fourth-order valence-corrected chi connectivity index (χ4v) is 4.28. The van der Waals surface area contributed by atoms with Crippen molar-refractivity contribution >= 4 is 11.7 Å². The quantitative estimate of drug-likeness (QED) is 0.646. The zero-order valence-corrected chi connectivity index (χ0v) is 16.9. The van der Waals surface area contributed by atoms with Crippen molar-refractivity contribution in [2.75, 3.05) is 31.6 Å². The Morgan fingerprint density at radius 3 is 2.67 bits per heavy atom. The fourth-order valence-electron chi connectivity index (χ4n) is 4.28. The number of fused-ring (bicyclic) bond motifs is 1. The van der Waals surface area contributed by atoms with Crippen molar-refractivity contribution < 1.29 is 9.90 Å². The summed E-state index contributed by atoms with van der Waals surface area (Å²) in [6.07, 6.45) is 12.0. The molecular formula is C20H35N5O2. The van der Waals surface area contributed by atoms with Gasteiger partial charge in [0.1, 0.15) is 0 Å². The Kier molecular flexibility index (Phi) is 7.13. The number of unbranched alkanes of at least 4 members (excludes halogenated alkanes) is 3. The normalized spacial score (nSPS) is 21.0. The molecule has 152 valence electrons. The Bertz CT molecular complexity index is 612. The van der Waals surface area contributed by atoms with Crippen LogP contribution >= 0.6 is 0 Å². The number of nitrogens with zero attached hydrogens (tertiary/aromatic N) is 4. The Morgan fingerprint density at radius 2 is 1.89 bits per heavy atom. The standard InChI is InChI=1S/C20H35N5O2/c1-23-15-22-18-17(23)19(26)25(20(27)24(18)2)13-9-4-3-8-12-21-14-16-10-6-5-7-11-16/h15-16,20-21,27H,3-14H2,1-2H3. The molecule has 7 heteroatoms. The second kappa shape index (κ2) is 9.55. The van der Waals surface area contributed by atoms with E-state index in [1.54, 1.807) is 27.7 Å². The van der Waals surface area contributed by atoms with Gasteiger partial charge >= 0.3 is 0 Å². The SMILES string of the molecule is CN1c2ncn(C)c2C(=O)N(CCCCCCNCC2CCCCC2)C1O. The molecule has 2 heterocycles. The molecule has 1 saturated carbocycles. The number of amides is 1. The lowest BCUT2D eigenvalue weighted by Gasteiger charge is -2.38. The fraction of sp³-hybridized carbons (Fsp3) is 0.800. The molecule has 1 atom stereocenters. The molecule has 27 heavy (non-hydrogen) atoms. The molecule has 0 spiro atoms. The van der Waals surface area contributed by atoms with Crippen molar-refractivity contribution in [1.29, 1.82) is 0 Å². The van der Waals surface area contributed by atoms with Crippen LogP contribution in [0.1, 0.15) is 68.3 Å². The predicted molar refractivity (Wildman–Crippen MR) is 107 cm³/mol. The van der Waals surface area contributed by atoms with Crippen molar-refractivity contribution in [2.45, 2.75) is 64.1 Å². The molecule has 0 radical (unpaired) electrons. The first kappa shape index (κ1) is 20.1. The number of hydrogen-bond acceptors (Lipinski definition) is 5. The van der Waals surface area contributed by atoms with Crippen LogP contribution in [0.3, 0.4) is 0 Å². The maximum atomic E-state index is 12.7. The third kappa shape index (κ3) is 4.82. The minimum absolute atomic E-state index is 0.134. The number of aliphatic hydroxyl groups excluding tert-OH is 1. The van der Waals surface area contributed by atoms with E-state index in [1.807, 2.05) is 7.05 Å². The smallest absolute Gasteiger partial charge is 0.277 e. The van der Waals surface area contributed by atoms with E-state index in [2.05, 4.69) is 10.3 Å². The molecule has 1 amide bonds. The van der Waals surface area contributed by atoms with Crippen LogP contribution in [-0.2, 0) is 7.05 Å². The van der Waals surface area contributed by atoms with Gasteiger partial charge in [-0.05, 0) is 44.7 Å². The number of carbonyl (C=O) groups excluding carboxylic acids is 1. The van der Waals surface area contributed by atoms with Gasteiger partial charge in [-0.1, -0.05) is 32.1 Å². The van der Waals surface area contributed by atoms with Crippen LogP contribution < -0.4 is 10.2 Å². The third-order valence-electron chi connectivity index (χ3n) is 6.00. The van der Waals surface area contributed by atoms with Gasteiger partial charge in [0.25, 0.3) is 5.91 Å². The predicted octanol–water partition coefficient (Wildman–Crippen LogP) is 2.32. The van der Waals surface area contributed by atoms with E-state index in [9.17, 15) is 9.90 Å². The first-order valence-corrected chi connectivity index (χ1v) is 10.5. The van der Waals surface area contributed by atoms with Crippen molar-refractivity contribution in [3.8, 4) is 0 Å².